The van der Waals surface area contributed by atoms with Gasteiger partial charge in [0.05, 0.1) is 0 Å². The van der Waals surface area contributed by atoms with Gasteiger partial charge in [0, 0.05) is 18.0 Å². The van der Waals surface area contributed by atoms with E-state index in [9.17, 15) is 4.79 Å². The fraction of sp³-hybridized carbons (Fsp3) is 0.917. The zero-order valence-corrected chi connectivity index (χ0v) is 12.3. The monoisotopic (exact) mass is 271 g/mol. The fourth-order valence-corrected chi connectivity index (χ4v) is 1.42. The molecule has 7 nitrogen and oxygen atoms in total. The SMILES string of the molecule is CN(CCCN=[N+]=[N-])CCCNC(=O)OC(C)(C)C. The molecular weight excluding hydrogens is 246 g/mol. The van der Waals surface area contributed by atoms with Gasteiger partial charge in [-0.25, -0.2) is 4.79 Å². The standard InChI is InChI=1S/C12H25N5O2/c1-12(2,3)19-11(18)14-7-5-9-17(4)10-6-8-15-16-13/h5-10H2,1-4H3,(H,14,18). The molecule has 19 heavy (non-hydrogen) atoms. The summed E-state index contributed by atoms with van der Waals surface area (Å²) in [5, 5.41) is 6.19. The molecule has 0 saturated carbocycles. The number of rotatable bonds is 8. The van der Waals surface area contributed by atoms with E-state index in [1.54, 1.807) is 0 Å². The van der Waals surface area contributed by atoms with Crippen LogP contribution in [0, 0.1) is 0 Å². The highest BCUT2D eigenvalue weighted by Crippen LogP contribution is 2.06. The molecule has 110 valence electrons. The Kier molecular flexibility index (Phi) is 8.74. The zero-order valence-electron chi connectivity index (χ0n) is 12.3. The Labute approximate surface area is 114 Å². The number of carbonyl (C=O) groups is 1. The van der Waals surface area contributed by atoms with E-state index in [1.807, 2.05) is 27.8 Å². The third-order valence-corrected chi connectivity index (χ3v) is 2.25. The van der Waals surface area contributed by atoms with Crippen molar-refractivity contribution in [3.05, 3.63) is 10.4 Å². The number of hydrogen-bond acceptors (Lipinski definition) is 4. The molecule has 0 aromatic carbocycles. The molecule has 0 aliphatic carbocycles. The summed E-state index contributed by atoms with van der Waals surface area (Å²) in [5.41, 5.74) is 7.67. The molecule has 0 radical (unpaired) electrons. The van der Waals surface area contributed by atoms with Crippen LogP contribution in [0.5, 0.6) is 0 Å². The first-order valence-corrected chi connectivity index (χ1v) is 6.51. The van der Waals surface area contributed by atoms with E-state index < -0.39 is 5.60 Å². The second kappa shape index (κ2) is 9.47. The zero-order chi connectivity index (χ0) is 14.7. The maximum atomic E-state index is 11.4. The van der Waals surface area contributed by atoms with Crippen molar-refractivity contribution in [1.82, 2.24) is 10.2 Å². The predicted octanol–water partition coefficient (Wildman–Crippen LogP) is 2.53. The first-order chi connectivity index (χ1) is 8.85. The molecule has 0 aliphatic heterocycles. The Bertz CT molecular complexity index is 308. The summed E-state index contributed by atoms with van der Waals surface area (Å²) in [4.78, 5) is 16.2. The minimum atomic E-state index is -0.456. The highest BCUT2D eigenvalue weighted by Gasteiger charge is 2.15. The van der Waals surface area contributed by atoms with Crippen molar-refractivity contribution in [2.75, 3.05) is 33.2 Å². The van der Waals surface area contributed by atoms with Gasteiger partial charge in [-0.1, -0.05) is 5.11 Å². The van der Waals surface area contributed by atoms with Crippen molar-refractivity contribution >= 4 is 6.09 Å². The van der Waals surface area contributed by atoms with Crippen LogP contribution < -0.4 is 5.32 Å². The Balaban J connectivity index is 3.52. The normalized spacial score (nSPS) is 11.0. The minimum absolute atomic E-state index is 0.376. The maximum absolute atomic E-state index is 11.4. The quantitative estimate of drug-likeness (QED) is 0.318. The van der Waals surface area contributed by atoms with Gasteiger partial charge in [0.2, 0.25) is 0 Å². The molecular formula is C12H25N5O2. The number of nitrogens with one attached hydrogen (secondary N) is 1. The summed E-state index contributed by atoms with van der Waals surface area (Å²) in [6.45, 7) is 8.39. The van der Waals surface area contributed by atoms with Crippen LogP contribution in [-0.4, -0.2) is 49.8 Å². The van der Waals surface area contributed by atoms with Crippen LogP contribution in [0.15, 0.2) is 5.11 Å². The van der Waals surface area contributed by atoms with E-state index in [-0.39, 0.29) is 6.09 Å². The van der Waals surface area contributed by atoms with Gasteiger partial charge in [0.15, 0.2) is 0 Å². The number of alkyl carbamates (subject to hydrolysis) is 1. The minimum Gasteiger partial charge on any atom is -0.444 e. The summed E-state index contributed by atoms with van der Waals surface area (Å²) in [6.07, 6.45) is 1.33. The van der Waals surface area contributed by atoms with Crippen molar-refractivity contribution in [1.29, 1.82) is 0 Å². The molecule has 1 N–H and O–H groups in total. The average Bonchev–Trinajstić information content (AvgIpc) is 2.28. The summed E-state index contributed by atoms with van der Waals surface area (Å²) >= 11 is 0. The molecule has 0 aliphatic rings. The topological polar surface area (TPSA) is 90.3 Å². The molecule has 0 saturated heterocycles. The first-order valence-electron chi connectivity index (χ1n) is 6.51. The van der Waals surface area contributed by atoms with Crippen LogP contribution in [0.3, 0.4) is 0 Å². The lowest BCUT2D eigenvalue weighted by molar-refractivity contribution is 0.0526. The molecule has 1 amide bonds. The molecule has 0 aromatic rings. The molecule has 0 bridgehead atoms. The van der Waals surface area contributed by atoms with E-state index in [2.05, 4.69) is 20.2 Å². The van der Waals surface area contributed by atoms with Crippen LogP contribution in [-0.2, 0) is 4.74 Å². The third-order valence-electron chi connectivity index (χ3n) is 2.25. The van der Waals surface area contributed by atoms with E-state index >= 15 is 0 Å². The highest BCUT2D eigenvalue weighted by atomic mass is 16.6. The van der Waals surface area contributed by atoms with Gasteiger partial charge in [-0.3, -0.25) is 0 Å². The summed E-state index contributed by atoms with van der Waals surface area (Å²) in [5.74, 6) is 0. The van der Waals surface area contributed by atoms with E-state index in [0.717, 1.165) is 25.9 Å². The van der Waals surface area contributed by atoms with Crippen LogP contribution in [0.1, 0.15) is 33.6 Å². The van der Waals surface area contributed by atoms with Crippen LogP contribution in [0.4, 0.5) is 4.79 Å². The number of azide groups is 1. The van der Waals surface area contributed by atoms with Gasteiger partial charge in [0.25, 0.3) is 0 Å². The number of amides is 1. The maximum Gasteiger partial charge on any atom is 0.407 e. The number of ether oxygens (including phenoxy) is 1. The number of hydrogen-bond donors (Lipinski definition) is 1. The van der Waals surface area contributed by atoms with E-state index in [4.69, 9.17) is 10.3 Å². The van der Waals surface area contributed by atoms with E-state index in [1.165, 1.54) is 0 Å². The molecule has 0 unspecified atom stereocenters. The molecule has 7 heteroatoms. The van der Waals surface area contributed by atoms with E-state index in [0.29, 0.717) is 13.1 Å². The van der Waals surface area contributed by atoms with Gasteiger partial charge in [-0.05, 0) is 59.3 Å². The van der Waals surface area contributed by atoms with Crippen molar-refractivity contribution in [2.45, 2.75) is 39.2 Å². The first kappa shape index (κ1) is 17.5. The van der Waals surface area contributed by atoms with Crippen molar-refractivity contribution < 1.29 is 9.53 Å². The second-order valence-electron chi connectivity index (χ2n) is 5.39. The summed E-state index contributed by atoms with van der Waals surface area (Å²) < 4.78 is 5.13. The molecule has 0 fully saturated rings. The molecule has 0 spiro atoms. The lowest BCUT2D eigenvalue weighted by atomic mass is 10.2. The molecule has 0 rings (SSSR count). The fourth-order valence-electron chi connectivity index (χ4n) is 1.42. The smallest absolute Gasteiger partial charge is 0.407 e. The number of nitrogens with zero attached hydrogens (tertiary/aromatic N) is 4. The van der Waals surface area contributed by atoms with Crippen molar-refractivity contribution in [3.8, 4) is 0 Å². The van der Waals surface area contributed by atoms with Crippen molar-refractivity contribution in [3.63, 3.8) is 0 Å². The molecule has 0 atom stereocenters. The molecule has 0 heterocycles. The Morgan fingerprint density at radius 3 is 2.58 bits per heavy atom. The van der Waals surface area contributed by atoms with Gasteiger partial charge in [-0.2, -0.15) is 0 Å². The summed E-state index contributed by atoms with van der Waals surface area (Å²) in [6, 6.07) is 0. The van der Waals surface area contributed by atoms with Gasteiger partial charge >= 0.3 is 6.09 Å². The molecule has 0 aromatic heterocycles. The largest absolute Gasteiger partial charge is 0.444 e. The van der Waals surface area contributed by atoms with Crippen LogP contribution >= 0.6 is 0 Å². The van der Waals surface area contributed by atoms with Crippen LogP contribution in [0.2, 0.25) is 0 Å². The Morgan fingerprint density at radius 2 is 2.00 bits per heavy atom. The third kappa shape index (κ3) is 12.8. The predicted molar refractivity (Wildman–Crippen MR) is 75.0 cm³/mol. The lowest BCUT2D eigenvalue weighted by Crippen LogP contribution is -2.34. The van der Waals surface area contributed by atoms with Gasteiger partial charge < -0.3 is 15.0 Å². The lowest BCUT2D eigenvalue weighted by Gasteiger charge is -2.20. The van der Waals surface area contributed by atoms with Crippen LogP contribution in [0.25, 0.3) is 10.4 Å². The van der Waals surface area contributed by atoms with Crippen molar-refractivity contribution in [2.24, 2.45) is 5.11 Å². The van der Waals surface area contributed by atoms with Gasteiger partial charge in [0.1, 0.15) is 5.60 Å². The Morgan fingerprint density at radius 1 is 1.37 bits per heavy atom. The summed E-state index contributed by atoms with van der Waals surface area (Å²) in [7, 11) is 2.00. The second-order valence-corrected chi connectivity index (χ2v) is 5.39. The Hall–Kier alpha value is -1.46. The van der Waals surface area contributed by atoms with Gasteiger partial charge in [-0.15, -0.1) is 0 Å². The average molecular weight is 271 g/mol. The number of carbonyl (C=O) groups excluding carboxylic acids is 1. The highest BCUT2D eigenvalue weighted by molar-refractivity contribution is 5.67.